The molecule has 1 aliphatic rings. The summed E-state index contributed by atoms with van der Waals surface area (Å²) in [6.07, 6.45) is 0.0572. The predicted molar refractivity (Wildman–Crippen MR) is 120 cm³/mol. The number of benzene rings is 3. The Bertz CT molecular complexity index is 1200. The number of carbonyl (C=O) groups excluding carboxylic acids is 3. The number of phenolic OH excluding ortho intramolecular Hbond substituents is 1. The average Bonchev–Trinajstić information content (AvgIpc) is 3.09. The summed E-state index contributed by atoms with van der Waals surface area (Å²) in [5.74, 6) is -1.88. The average molecular weight is 447 g/mol. The maximum atomic E-state index is 14.4. The number of phenols is 1. The molecule has 0 spiro atoms. The molecule has 4 rings (SSSR count). The minimum absolute atomic E-state index is 0.0221. The van der Waals surface area contributed by atoms with Crippen LogP contribution < -0.4 is 10.6 Å². The van der Waals surface area contributed by atoms with Crippen molar-refractivity contribution in [3.8, 4) is 5.75 Å². The summed E-state index contributed by atoms with van der Waals surface area (Å²) in [5, 5.41) is 14.6. The largest absolute Gasteiger partial charge is 0.508 e. The number of nitrogens with one attached hydrogen (secondary N) is 2. The van der Waals surface area contributed by atoms with Gasteiger partial charge in [0.1, 0.15) is 23.7 Å². The molecule has 1 saturated heterocycles. The SMILES string of the molecule is Cc1ccc(NC(=O)C(Cc2ccccc2)N2C(=O)N[C@H](c3ccc(O)cc3)C2=O)c(F)c1. The van der Waals surface area contributed by atoms with Gasteiger partial charge in [0, 0.05) is 6.42 Å². The molecular formula is C25H22FN3O4. The van der Waals surface area contributed by atoms with Crippen molar-refractivity contribution in [1.82, 2.24) is 10.2 Å². The van der Waals surface area contributed by atoms with Crippen LogP contribution in [0.1, 0.15) is 22.7 Å². The van der Waals surface area contributed by atoms with E-state index < -0.39 is 35.7 Å². The molecule has 0 aliphatic carbocycles. The first-order valence-corrected chi connectivity index (χ1v) is 10.4. The summed E-state index contributed by atoms with van der Waals surface area (Å²) in [6, 6.07) is 16.3. The molecule has 1 aliphatic heterocycles. The van der Waals surface area contributed by atoms with Crippen molar-refractivity contribution >= 4 is 23.5 Å². The van der Waals surface area contributed by atoms with Crippen LogP contribution in [0.3, 0.4) is 0 Å². The molecule has 3 N–H and O–H groups in total. The number of hydrogen-bond donors (Lipinski definition) is 3. The fourth-order valence-electron chi connectivity index (χ4n) is 3.76. The quantitative estimate of drug-likeness (QED) is 0.502. The molecule has 3 aromatic carbocycles. The molecule has 4 amide bonds. The van der Waals surface area contributed by atoms with E-state index in [0.29, 0.717) is 11.1 Å². The van der Waals surface area contributed by atoms with Gasteiger partial charge in [-0.15, -0.1) is 0 Å². The molecule has 2 atom stereocenters. The van der Waals surface area contributed by atoms with Crippen LogP contribution in [0.5, 0.6) is 5.75 Å². The van der Waals surface area contributed by atoms with E-state index in [4.69, 9.17) is 0 Å². The summed E-state index contributed by atoms with van der Waals surface area (Å²) in [6.45, 7) is 1.73. The highest BCUT2D eigenvalue weighted by atomic mass is 19.1. The van der Waals surface area contributed by atoms with E-state index in [1.165, 1.54) is 36.4 Å². The second-order valence-corrected chi connectivity index (χ2v) is 7.86. The number of anilines is 1. The van der Waals surface area contributed by atoms with E-state index in [0.717, 1.165) is 10.5 Å². The summed E-state index contributed by atoms with van der Waals surface area (Å²) in [5.41, 5.74) is 1.86. The molecule has 1 unspecified atom stereocenters. The lowest BCUT2D eigenvalue weighted by atomic mass is 10.0. The molecule has 33 heavy (non-hydrogen) atoms. The highest BCUT2D eigenvalue weighted by Crippen LogP contribution is 2.27. The van der Waals surface area contributed by atoms with Crippen LogP contribution in [-0.4, -0.2) is 33.9 Å². The first-order valence-electron chi connectivity index (χ1n) is 10.4. The van der Waals surface area contributed by atoms with Gasteiger partial charge in [-0.05, 0) is 47.9 Å². The van der Waals surface area contributed by atoms with Crippen LogP contribution in [0.4, 0.5) is 14.9 Å². The normalized spacial score (nSPS) is 16.4. The highest BCUT2D eigenvalue weighted by molar-refractivity contribution is 6.09. The zero-order valence-corrected chi connectivity index (χ0v) is 17.8. The van der Waals surface area contributed by atoms with Crippen LogP contribution in [0.2, 0.25) is 0 Å². The Morgan fingerprint density at radius 1 is 1.09 bits per heavy atom. The topological polar surface area (TPSA) is 98.7 Å². The van der Waals surface area contributed by atoms with Gasteiger partial charge in [0.15, 0.2) is 0 Å². The van der Waals surface area contributed by atoms with E-state index in [2.05, 4.69) is 10.6 Å². The summed E-state index contributed by atoms with van der Waals surface area (Å²) in [4.78, 5) is 40.2. The minimum atomic E-state index is -1.21. The molecule has 3 aromatic rings. The Hall–Kier alpha value is -4.20. The number of hydrogen-bond acceptors (Lipinski definition) is 4. The number of imide groups is 1. The van der Waals surface area contributed by atoms with Gasteiger partial charge in [0.2, 0.25) is 5.91 Å². The number of aryl methyl sites for hydroxylation is 1. The molecular weight excluding hydrogens is 425 g/mol. The first kappa shape index (κ1) is 22.0. The lowest BCUT2D eigenvalue weighted by Gasteiger charge is -2.25. The van der Waals surface area contributed by atoms with Crippen LogP contribution in [0.25, 0.3) is 0 Å². The van der Waals surface area contributed by atoms with Crippen LogP contribution >= 0.6 is 0 Å². The van der Waals surface area contributed by atoms with Gasteiger partial charge in [-0.2, -0.15) is 0 Å². The molecule has 0 aromatic heterocycles. The van der Waals surface area contributed by atoms with E-state index in [9.17, 15) is 23.9 Å². The molecule has 1 heterocycles. The Morgan fingerprint density at radius 3 is 2.45 bits per heavy atom. The van der Waals surface area contributed by atoms with Gasteiger partial charge in [-0.25, -0.2) is 14.1 Å². The lowest BCUT2D eigenvalue weighted by molar-refractivity contribution is -0.134. The Balaban J connectivity index is 1.65. The summed E-state index contributed by atoms with van der Waals surface area (Å²) >= 11 is 0. The van der Waals surface area contributed by atoms with E-state index in [1.807, 2.05) is 6.07 Å². The van der Waals surface area contributed by atoms with Crippen molar-refractivity contribution in [2.45, 2.75) is 25.4 Å². The number of rotatable bonds is 6. The number of urea groups is 1. The van der Waals surface area contributed by atoms with Crippen LogP contribution in [0.15, 0.2) is 72.8 Å². The maximum absolute atomic E-state index is 14.4. The van der Waals surface area contributed by atoms with Gasteiger partial charge >= 0.3 is 6.03 Å². The number of nitrogens with zero attached hydrogens (tertiary/aromatic N) is 1. The van der Waals surface area contributed by atoms with Crippen molar-refractivity contribution in [2.24, 2.45) is 0 Å². The minimum Gasteiger partial charge on any atom is -0.508 e. The van der Waals surface area contributed by atoms with Crippen LogP contribution in [-0.2, 0) is 16.0 Å². The molecule has 0 radical (unpaired) electrons. The van der Waals surface area contributed by atoms with E-state index in [1.54, 1.807) is 37.3 Å². The molecule has 7 nitrogen and oxygen atoms in total. The van der Waals surface area contributed by atoms with E-state index >= 15 is 0 Å². The van der Waals surface area contributed by atoms with Crippen molar-refractivity contribution in [2.75, 3.05) is 5.32 Å². The second-order valence-electron chi connectivity index (χ2n) is 7.86. The van der Waals surface area contributed by atoms with Gasteiger partial charge in [-0.3, -0.25) is 9.59 Å². The fraction of sp³-hybridized carbons (Fsp3) is 0.160. The van der Waals surface area contributed by atoms with Gasteiger partial charge in [0.25, 0.3) is 5.91 Å². The third-order valence-electron chi connectivity index (χ3n) is 5.47. The van der Waals surface area contributed by atoms with Crippen LogP contribution in [0, 0.1) is 12.7 Å². The molecule has 0 saturated carbocycles. The lowest BCUT2D eigenvalue weighted by Crippen LogP contribution is -2.49. The molecule has 1 fully saturated rings. The number of carbonyl (C=O) groups is 3. The predicted octanol–water partition coefficient (Wildman–Crippen LogP) is 3.68. The van der Waals surface area contributed by atoms with Crippen molar-refractivity contribution < 1.29 is 23.9 Å². The first-order chi connectivity index (χ1) is 15.8. The summed E-state index contributed by atoms with van der Waals surface area (Å²) in [7, 11) is 0. The van der Waals surface area contributed by atoms with E-state index in [-0.39, 0.29) is 17.9 Å². The highest BCUT2D eigenvalue weighted by Gasteiger charge is 2.45. The molecule has 0 bridgehead atoms. The number of aromatic hydroxyl groups is 1. The Labute approximate surface area is 189 Å². The molecule has 168 valence electrons. The van der Waals surface area contributed by atoms with Gasteiger partial charge < -0.3 is 15.7 Å². The Kier molecular flexibility index (Phi) is 6.08. The molecule has 8 heteroatoms. The van der Waals surface area contributed by atoms with Crippen molar-refractivity contribution in [1.29, 1.82) is 0 Å². The standard InChI is InChI=1S/C25H22FN3O4/c1-15-7-12-20(19(26)13-15)27-23(31)21(14-16-5-3-2-4-6-16)29-24(32)22(28-25(29)33)17-8-10-18(30)11-9-17/h2-13,21-22,30H,14H2,1H3,(H,27,31)(H,28,33)/t21?,22-/m1/s1. The second kappa shape index (κ2) is 9.12. The van der Waals surface area contributed by atoms with Gasteiger partial charge in [0.05, 0.1) is 5.69 Å². The third kappa shape index (κ3) is 4.69. The zero-order chi connectivity index (χ0) is 23.5. The number of halogens is 1. The number of amides is 4. The fourth-order valence-corrected chi connectivity index (χ4v) is 3.76. The zero-order valence-electron chi connectivity index (χ0n) is 17.8. The van der Waals surface area contributed by atoms with Gasteiger partial charge in [-0.1, -0.05) is 48.5 Å². The maximum Gasteiger partial charge on any atom is 0.325 e. The third-order valence-corrected chi connectivity index (χ3v) is 5.47. The monoisotopic (exact) mass is 447 g/mol. The van der Waals surface area contributed by atoms with Crippen molar-refractivity contribution in [3.05, 3.63) is 95.3 Å². The summed E-state index contributed by atoms with van der Waals surface area (Å²) < 4.78 is 14.4. The van der Waals surface area contributed by atoms with Crippen molar-refractivity contribution in [3.63, 3.8) is 0 Å². The smallest absolute Gasteiger partial charge is 0.325 e. The Morgan fingerprint density at radius 2 is 1.79 bits per heavy atom.